The predicted octanol–water partition coefficient (Wildman–Crippen LogP) is 10.5. The number of hydrogen-bond donors (Lipinski definition) is 0. The molecule has 0 fully saturated rings. The van der Waals surface area contributed by atoms with Crippen molar-refractivity contribution in [3.05, 3.63) is 152 Å². The van der Waals surface area contributed by atoms with E-state index in [0.717, 1.165) is 65.7 Å². The lowest BCUT2D eigenvalue weighted by molar-refractivity contribution is 1.07. The molecule has 9 rings (SSSR count). The summed E-state index contributed by atoms with van der Waals surface area (Å²) in [6, 6.07) is 51.6. The molecule has 0 saturated heterocycles. The smallest absolute Gasteiger partial charge is 0.164 e. The third-order valence-corrected chi connectivity index (χ3v) is 9.46. The van der Waals surface area contributed by atoms with Gasteiger partial charge in [-0.2, -0.15) is 0 Å². The normalized spacial score (nSPS) is 11.4. The van der Waals surface area contributed by atoms with E-state index in [9.17, 15) is 0 Å². The third kappa shape index (κ3) is 4.92. The van der Waals surface area contributed by atoms with Gasteiger partial charge in [0.2, 0.25) is 0 Å². The van der Waals surface area contributed by atoms with Crippen LogP contribution in [-0.4, -0.2) is 24.9 Å². The first-order valence-corrected chi connectivity index (χ1v) is 16.3. The van der Waals surface area contributed by atoms with E-state index in [-0.39, 0.29) is 0 Å². The lowest BCUT2D eigenvalue weighted by Crippen LogP contribution is -2.00. The van der Waals surface area contributed by atoms with Crippen LogP contribution in [0, 0.1) is 0 Å². The molecule has 9 aromatic rings. The number of rotatable bonds is 5. The maximum absolute atomic E-state index is 5.19. The summed E-state index contributed by atoms with van der Waals surface area (Å²) >= 11 is 1.76. The molecule has 47 heavy (non-hydrogen) atoms. The van der Waals surface area contributed by atoms with Crippen molar-refractivity contribution < 1.29 is 0 Å². The summed E-state index contributed by atoms with van der Waals surface area (Å²) in [7, 11) is 0. The predicted molar refractivity (Wildman–Crippen MR) is 193 cm³/mol. The first kappa shape index (κ1) is 27.2. The first-order valence-electron chi connectivity index (χ1n) is 15.4. The highest BCUT2D eigenvalue weighted by Gasteiger charge is 2.18. The topological polar surface area (TPSA) is 64.5 Å². The SMILES string of the molecule is c1ccc(-c2nc(-c3ccccc3)nc(-c3ccc4c(c3)sc3cccc(-c5nc(-c6ccccc6)c6ccccc6n5)c34)n2)cc1. The van der Waals surface area contributed by atoms with Gasteiger partial charge in [-0.3, -0.25) is 0 Å². The molecule has 0 N–H and O–H groups in total. The Labute approximate surface area is 275 Å². The van der Waals surface area contributed by atoms with Crippen LogP contribution in [0.3, 0.4) is 0 Å². The molecule has 0 aliphatic carbocycles. The second-order valence-electron chi connectivity index (χ2n) is 11.3. The van der Waals surface area contributed by atoms with E-state index in [2.05, 4.69) is 72.8 Å². The van der Waals surface area contributed by atoms with Crippen molar-refractivity contribution in [2.24, 2.45) is 0 Å². The minimum atomic E-state index is 0.641. The van der Waals surface area contributed by atoms with E-state index in [1.54, 1.807) is 11.3 Å². The standard InChI is InChI=1S/C41H25N5S/c1-4-13-26(14-5-1)37-30-19-10-11-21-33(30)42-41(43-37)32-20-12-22-34-36(32)31-24-23-29(25-35(31)47-34)40-45-38(27-15-6-2-7-16-27)44-39(46-40)28-17-8-3-9-18-28/h1-25H. The van der Waals surface area contributed by atoms with Gasteiger partial charge in [0, 0.05) is 53.4 Å². The van der Waals surface area contributed by atoms with Crippen molar-refractivity contribution in [2.75, 3.05) is 0 Å². The molecule has 0 bridgehead atoms. The second kappa shape index (κ2) is 11.4. The Kier molecular flexibility index (Phi) is 6.58. The van der Waals surface area contributed by atoms with Crippen molar-refractivity contribution in [1.29, 1.82) is 0 Å². The van der Waals surface area contributed by atoms with Gasteiger partial charge in [-0.15, -0.1) is 11.3 Å². The first-order chi connectivity index (χ1) is 23.3. The van der Waals surface area contributed by atoms with E-state index in [1.165, 1.54) is 4.70 Å². The molecule has 220 valence electrons. The fourth-order valence-electron chi connectivity index (χ4n) is 6.10. The second-order valence-corrected chi connectivity index (χ2v) is 12.4. The number of para-hydroxylation sites is 1. The van der Waals surface area contributed by atoms with Crippen LogP contribution in [0.1, 0.15) is 0 Å². The van der Waals surface area contributed by atoms with Gasteiger partial charge in [-0.25, -0.2) is 24.9 Å². The van der Waals surface area contributed by atoms with Crippen LogP contribution in [0.4, 0.5) is 0 Å². The van der Waals surface area contributed by atoms with Crippen molar-refractivity contribution in [2.45, 2.75) is 0 Å². The zero-order chi connectivity index (χ0) is 31.2. The molecule has 0 radical (unpaired) electrons. The van der Waals surface area contributed by atoms with Gasteiger partial charge in [0.05, 0.1) is 11.2 Å². The van der Waals surface area contributed by atoms with Crippen LogP contribution in [0.15, 0.2) is 152 Å². The fraction of sp³-hybridized carbons (Fsp3) is 0. The maximum Gasteiger partial charge on any atom is 0.164 e. The molecular weight excluding hydrogens is 595 g/mol. The van der Waals surface area contributed by atoms with Gasteiger partial charge in [0.25, 0.3) is 0 Å². The zero-order valence-electron chi connectivity index (χ0n) is 25.1. The zero-order valence-corrected chi connectivity index (χ0v) is 25.9. The molecule has 0 unspecified atom stereocenters. The maximum atomic E-state index is 5.19. The molecule has 0 aliphatic rings. The highest BCUT2D eigenvalue weighted by atomic mass is 32.1. The summed E-state index contributed by atoms with van der Waals surface area (Å²) in [5.74, 6) is 2.66. The average Bonchev–Trinajstić information content (AvgIpc) is 3.53. The highest BCUT2D eigenvalue weighted by molar-refractivity contribution is 7.26. The Morgan fingerprint density at radius 2 is 0.957 bits per heavy atom. The molecule has 0 atom stereocenters. The molecule has 6 heteroatoms. The minimum absolute atomic E-state index is 0.641. The van der Waals surface area contributed by atoms with E-state index in [1.807, 2.05) is 78.9 Å². The lowest BCUT2D eigenvalue weighted by atomic mass is 10.0. The number of benzene rings is 6. The molecule has 3 aromatic heterocycles. The summed E-state index contributed by atoms with van der Waals surface area (Å²) in [5.41, 5.74) is 6.79. The van der Waals surface area contributed by atoms with Crippen molar-refractivity contribution in [3.8, 4) is 56.8 Å². The number of hydrogen-bond acceptors (Lipinski definition) is 6. The fourth-order valence-corrected chi connectivity index (χ4v) is 7.27. The average molecular weight is 620 g/mol. The molecule has 0 saturated carbocycles. The molecule has 0 spiro atoms. The van der Waals surface area contributed by atoms with Gasteiger partial charge < -0.3 is 0 Å². The van der Waals surface area contributed by atoms with E-state index < -0.39 is 0 Å². The number of thiophene rings is 1. The van der Waals surface area contributed by atoms with Crippen molar-refractivity contribution in [1.82, 2.24) is 24.9 Å². The minimum Gasteiger partial charge on any atom is -0.228 e. The van der Waals surface area contributed by atoms with Crippen molar-refractivity contribution in [3.63, 3.8) is 0 Å². The largest absolute Gasteiger partial charge is 0.228 e. The van der Waals surface area contributed by atoms with E-state index >= 15 is 0 Å². The van der Waals surface area contributed by atoms with Crippen LogP contribution in [-0.2, 0) is 0 Å². The van der Waals surface area contributed by atoms with Gasteiger partial charge in [-0.05, 0) is 18.2 Å². The Hall–Kier alpha value is -6.11. The van der Waals surface area contributed by atoms with Crippen LogP contribution >= 0.6 is 11.3 Å². The third-order valence-electron chi connectivity index (χ3n) is 8.35. The monoisotopic (exact) mass is 619 g/mol. The van der Waals surface area contributed by atoms with Gasteiger partial charge in [0.15, 0.2) is 23.3 Å². The molecule has 0 aliphatic heterocycles. The van der Waals surface area contributed by atoms with Gasteiger partial charge >= 0.3 is 0 Å². The lowest BCUT2D eigenvalue weighted by Gasteiger charge is -2.10. The summed E-state index contributed by atoms with van der Waals surface area (Å²) in [5, 5.41) is 3.35. The summed E-state index contributed by atoms with van der Waals surface area (Å²) < 4.78 is 2.33. The molecule has 6 aromatic carbocycles. The van der Waals surface area contributed by atoms with Gasteiger partial charge in [0.1, 0.15) is 0 Å². The van der Waals surface area contributed by atoms with Crippen LogP contribution in [0.5, 0.6) is 0 Å². The quantitative estimate of drug-likeness (QED) is 0.192. The van der Waals surface area contributed by atoms with Crippen LogP contribution < -0.4 is 0 Å². The highest BCUT2D eigenvalue weighted by Crippen LogP contribution is 2.41. The van der Waals surface area contributed by atoms with Crippen molar-refractivity contribution >= 4 is 42.4 Å². The molecule has 3 heterocycles. The molecule has 0 amide bonds. The van der Waals surface area contributed by atoms with E-state index in [4.69, 9.17) is 24.9 Å². The summed E-state index contributed by atoms with van der Waals surface area (Å²) in [6.07, 6.45) is 0. The number of nitrogens with zero attached hydrogens (tertiary/aromatic N) is 5. The summed E-state index contributed by atoms with van der Waals surface area (Å²) in [6.45, 7) is 0. The Morgan fingerprint density at radius 1 is 0.362 bits per heavy atom. The van der Waals surface area contributed by atoms with Gasteiger partial charge in [-0.1, -0.05) is 133 Å². The van der Waals surface area contributed by atoms with Crippen LogP contribution in [0.25, 0.3) is 87.9 Å². The van der Waals surface area contributed by atoms with Crippen LogP contribution in [0.2, 0.25) is 0 Å². The number of aromatic nitrogens is 5. The molecule has 5 nitrogen and oxygen atoms in total. The number of fused-ring (bicyclic) bond motifs is 4. The van der Waals surface area contributed by atoms with E-state index in [0.29, 0.717) is 17.5 Å². The Morgan fingerprint density at radius 3 is 1.64 bits per heavy atom. The summed E-state index contributed by atoms with van der Waals surface area (Å²) in [4.78, 5) is 25.0. The molecular formula is C41H25N5S. The Balaban J connectivity index is 1.21. The Bertz CT molecular complexity index is 2510.